The highest BCUT2D eigenvalue weighted by molar-refractivity contribution is 7.98. The fraction of sp³-hybridized carbons (Fsp3) is 0.0769. The molecule has 2 rings (SSSR count). The van der Waals surface area contributed by atoms with Crippen molar-refractivity contribution in [1.29, 1.82) is 0 Å². The zero-order valence-electron chi connectivity index (χ0n) is 9.00. The smallest absolute Gasteiger partial charge is 0.151 e. The van der Waals surface area contributed by atoms with E-state index in [4.69, 9.17) is 0 Å². The minimum Gasteiger partial charge on any atom is -0.237 e. The zero-order valence-corrected chi connectivity index (χ0v) is 9.82. The second-order valence-corrected chi connectivity index (χ2v) is 4.10. The number of hydrogen-bond donors (Lipinski definition) is 0. The Balaban J connectivity index is 2.12. The molecule has 0 aliphatic rings. The van der Waals surface area contributed by atoms with E-state index < -0.39 is 0 Å². The average Bonchev–Trinajstić information content (AvgIpc) is 2.38. The van der Waals surface area contributed by atoms with Crippen LogP contribution in [0.1, 0.15) is 5.56 Å². The number of nitrogens with zero attached hydrogens (tertiary/aromatic N) is 2. The SMILES string of the molecule is CSc1ccc(C=Nc2ccccn2)cc1. The van der Waals surface area contributed by atoms with Gasteiger partial charge in [0.25, 0.3) is 0 Å². The van der Waals surface area contributed by atoms with Crippen molar-refractivity contribution in [2.75, 3.05) is 6.26 Å². The Hall–Kier alpha value is -1.61. The molecule has 16 heavy (non-hydrogen) atoms. The summed E-state index contributed by atoms with van der Waals surface area (Å²) in [4.78, 5) is 9.67. The normalized spacial score (nSPS) is 10.8. The number of hydrogen-bond acceptors (Lipinski definition) is 3. The van der Waals surface area contributed by atoms with Gasteiger partial charge in [0.15, 0.2) is 5.82 Å². The Morgan fingerprint density at radius 3 is 2.56 bits per heavy atom. The summed E-state index contributed by atoms with van der Waals surface area (Å²) in [7, 11) is 0. The van der Waals surface area contributed by atoms with E-state index in [0.717, 1.165) is 11.4 Å². The maximum atomic E-state index is 4.29. The lowest BCUT2D eigenvalue weighted by molar-refractivity contribution is 1.28. The topological polar surface area (TPSA) is 25.2 Å². The number of rotatable bonds is 3. The predicted molar refractivity (Wildman–Crippen MR) is 69.7 cm³/mol. The number of pyridine rings is 1. The van der Waals surface area contributed by atoms with Crippen LogP contribution < -0.4 is 0 Å². The molecule has 3 heteroatoms. The Labute approximate surface area is 99.5 Å². The lowest BCUT2D eigenvalue weighted by atomic mass is 10.2. The van der Waals surface area contributed by atoms with Crippen LogP contribution in [0.5, 0.6) is 0 Å². The maximum absolute atomic E-state index is 4.29. The monoisotopic (exact) mass is 228 g/mol. The third-order valence-electron chi connectivity index (χ3n) is 2.11. The zero-order chi connectivity index (χ0) is 11.2. The van der Waals surface area contributed by atoms with E-state index in [1.54, 1.807) is 18.0 Å². The van der Waals surface area contributed by atoms with Gasteiger partial charge >= 0.3 is 0 Å². The van der Waals surface area contributed by atoms with Gasteiger partial charge in [0.1, 0.15) is 0 Å². The largest absolute Gasteiger partial charge is 0.237 e. The van der Waals surface area contributed by atoms with Gasteiger partial charge < -0.3 is 0 Å². The molecule has 0 saturated heterocycles. The molecule has 0 aliphatic carbocycles. The van der Waals surface area contributed by atoms with Gasteiger partial charge in [-0.05, 0) is 36.1 Å². The summed E-state index contributed by atoms with van der Waals surface area (Å²) in [5.74, 6) is 0.733. The molecule has 0 spiro atoms. The standard InChI is InChI=1S/C13H12N2S/c1-16-12-7-5-11(6-8-12)10-15-13-4-2-3-9-14-13/h2-10H,1H3. The van der Waals surface area contributed by atoms with Crippen molar-refractivity contribution in [3.63, 3.8) is 0 Å². The summed E-state index contributed by atoms with van der Waals surface area (Å²) in [6.07, 6.45) is 5.63. The third-order valence-corrected chi connectivity index (χ3v) is 2.85. The summed E-state index contributed by atoms with van der Waals surface area (Å²) in [6.45, 7) is 0. The Morgan fingerprint density at radius 2 is 1.94 bits per heavy atom. The van der Waals surface area contributed by atoms with Crippen molar-refractivity contribution in [2.24, 2.45) is 4.99 Å². The summed E-state index contributed by atoms with van der Waals surface area (Å²) in [5.41, 5.74) is 1.09. The van der Waals surface area contributed by atoms with Gasteiger partial charge in [-0.2, -0.15) is 0 Å². The maximum Gasteiger partial charge on any atom is 0.151 e. The lowest BCUT2D eigenvalue weighted by Gasteiger charge is -1.96. The molecule has 0 aliphatic heterocycles. The number of benzene rings is 1. The van der Waals surface area contributed by atoms with E-state index in [0.29, 0.717) is 0 Å². The van der Waals surface area contributed by atoms with Crippen molar-refractivity contribution in [3.05, 3.63) is 54.2 Å². The van der Waals surface area contributed by atoms with E-state index in [1.165, 1.54) is 4.90 Å². The van der Waals surface area contributed by atoms with Crippen LogP contribution in [0.25, 0.3) is 0 Å². The molecule has 1 aromatic heterocycles. The molecule has 0 radical (unpaired) electrons. The summed E-state index contributed by atoms with van der Waals surface area (Å²) in [5, 5.41) is 0. The van der Waals surface area contributed by atoms with Crippen LogP contribution in [-0.4, -0.2) is 17.5 Å². The van der Waals surface area contributed by atoms with Crippen molar-refractivity contribution in [3.8, 4) is 0 Å². The first-order valence-electron chi connectivity index (χ1n) is 4.97. The Bertz CT molecular complexity index is 463. The molecule has 0 saturated carbocycles. The third kappa shape index (κ3) is 2.94. The average molecular weight is 228 g/mol. The molecule has 2 aromatic rings. The first kappa shape index (κ1) is 10.9. The molecule has 0 fully saturated rings. The van der Waals surface area contributed by atoms with Crippen molar-refractivity contribution in [1.82, 2.24) is 4.98 Å². The van der Waals surface area contributed by atoms with Gasteiger partial charge in [0.05, 0.1) is 0 Å². The van der Waals surface area contributed by atoms with Crippen LogP contribution in [-0.2, 0) is 0 Å². The fourth-order valence-corrected chi connectivity index (χ4v) is 1.67. The molecular formula is C13H12N2S. The van der Waals surface area contributed by atoms with Gasteiger partial charge in [-0.1, -0.05) is 18.2 Å². The summed E-state index contributed by atoms with van der Waals surface area (Å²) < 4.78 is 0. The first-order chi connectivity index (χ1) is 7.88. The van der Waals surface area contributed by atoms with E-state index >= 15 is 0 Å². The summed E-state index contributed by atoms with van der Waals surface area (Å²) >= 11 is 1.74. The second-order valence-electron chi connectivity index (χ2n) is 3.22. The molecule has 80 valence electrons. The quantitative estimate of drug-likeness (QED) is 0.593. The van der Waals surface area contributed by atoms with E-state index in [2.05, 4.69) is 40.5 Å². The van der Waals surface area contributed by atoms with Gasteiger partial charge in [-0.3, -0.25) is 0 Å². The van der Waals surface area contributed by atoms with E-state index in [-0.39, 0.29) is 0 Å². The van der Waals surface area contributed by atoms with Crippen LogP contribution in [0.15, 0.2) is 58.5 Å². The van der Waals surface area contributed by atoms with Gasteiger partial charge in [0.2, 0.25) is 0 Å². The number of aliphatic imine (C=N–C) groups is 1. The molecule has 0 amide bonds. The molecule has 0 N–H and O–H groups in total. The Kier molecular flexibility index (Phi) is 3.72. The lowest BCUT2D eigenvalue weighted by Crippen LogP contribution is -1.80. The van der Waals surface area contributed by atoms with Gasteiger partial charge in [0, 0.05) is 17.3 Å². The fourth-order valence-electron chi connectivity index (χ4n) is 1.26. The van der Waals surface area contributed by atoms with Crippen molar-refractivity contribution < 1.29 is 0 Å². The highest BCUT2D eigenvalue weighted by Crippen LogP contribution is 2.14. The van der Waals surface area contributed by atoms with Crippen LogP contribution in [0.3, 0.4) is 0 Å². The molecule has 2 nitrogen and oxygen atoms in total. The van der Waals surface area contributed by atoms with Crippen LogP contribution in [0.2, 0.25) is 0 Å². The second kappa shape index (κ2) is 5.47. The number of aromatic nitrogens is 1. The van der Waals surface area contributed by atoms with Gasteiger partial charge in [-0.25, -0.2) is 9.98 Å². The molecule has 0 bridgehead atoms. The van der Waals surface area contributed by atoms with Crippen LogP contribution >= 0.6 is 11.8 Å². The summed E-state index contributed by atoms with van der Waals surface area (Å²) in [6, 6.07) is 14.0. The highest BCUT2D eigenvalue weighted by Gasteiger charge is 1.91. The molecule has 0 unspecified atom stereocenters. The van der Waals surface area contributed by atoms with Crippen LogP contribution in [0.4, 0.5) is 5.82 Å². The highest BCUT2D eigenvalue weighted by atomic mass is 32.2. The molecule has 1 aromatic carbocycles. The Morgan fingerprint density at radius 1 is 1.12 bits per heavy atom. The predicted octanol–water partition coefficient (Wildman–Crippen LogP) is 3.55. The van der Waals surface area contributed by atoms with Crippen molar-refractivity contribution in [2.45, 2.75) is 4.90 Å². The number of thioether (sulfide) groups is 1. The van der Waals surface area contributed by atoms with E-state index in [9.17, 15) is 0 Å². The van der Waals surface area contributed by atoms with E-state index in [1.807, 2.05) is 24.4 Å². The van der Waals surface area contributed by atoms with Gasteiger partial charge in [-0.15, -0.1) is 11.8 Å². The first-order valence-corrected chi connectivity index (χ1v) is 6.20. The molecule has 0 atom stereocenters. The van der Waals surface area contributed by atoms with Crippen molar-refractivity contribution >= 4 is 23.8 Å². The minimum atomic E-state index is 0.733. The molecule has 1 heterocycles. The minimum absolute atomic E-state index is 0.733. The van der Waals surface area contributed by atoms with Crippen LogP contribution in [0, 0.1) is 0 Å². The molecular weight excluding hydrogens is 216 g/mol.